The zero-order valence-corrected chi connectivity index (χ0v) is 12.6. The van der Waals surface area contributed by atoms with Crippen molar-refractivity contribution in [2.24, 2.45) is 5.16 Å². The maximum Gasteiger partial charge on any atom is 0.407 e. The van der Waals surface area contributed by atoms with Gasteiger partial charge in [0, 0.05) is 12.5 Å². The quantitative estimate of drug-likeness (QED) is 0.289. The summed E-state index contributed by atoms with van der Waals surface area (Å²) in [5.74, 6) is -2.41. The van der Waals surface area contributed by atoms with Gasteiger partial charge in [-0.3, -0.25) is 4.79 Å². The van der Waals surface area contributed by atoms with Gasteiger partial charge in [-0.25, -0.2) is 9.59 Å². The molecule has 1 amide bonds. The number of carboxylic acids is 1. The summed E-state index contributed by atoms with van der Waals surface area (Å²) in [6.45, 7) is 1.77. The number of nitrogens with one attached hydrogen (secondary N) is 1. The Labute approximate surface area is 132 Å². The molecule has 1 aromatic rings. The predicted octanol–water partition coefficient (Wildman–Crippen LogP) is 1.57. The number of hydrogen-bond donors (Lipinski definition) is 3. The highest BCUT2D eigenvalue weighted by Gasteiger charge is 2.21. The van der Waals surface area contributed by atoms with Crippen LogP contribution in [0.25, 0.3) is 0 Å². The van der Waals surface area contributed by atoms with Crippen molar-refractivity contribution in [3.63, 3.8) is 0 Å². The third-order valence-corrected chi connectivity index (χ3v) is 2.95. The molecule has 3 N–H and O–H groups in total. The molecule has 8 heteroatoms. The Morgan fingerprint density at radius 1 is 1.26 bits per heavy atom. The molecule has 1 rings (SSSR count). The van der Waals surface area contributed by atoms with Gasteiger partial charge in [0.2, 0.25) is 5.71 Å². The average Bonchev–Trinajstić information content (AvgIpc) is 2.52. The Morgan fingerprint density at radius 3 is 2.48 bits per heavy atom. The Morgan fingerprint density at radius 2 is 1.91 bits per heavy atom. The number of carbonyl (C=O) groups is 3. The van der Waals surface area contributed by atoms with Crippen LogP contribution < -0.4 is 5.32 Å². The number of hydrogen-bond acceptors (Lipinski definition) is 6. The first-order chi connectivity index (χ1) is 10.9. The molecule has 0 aliphatic rings. The molecule has 0 spiro atoms. The molecule has 1 aromatic carbocycles. The van der Waals surface area contributed by atoms with Gasteiger partial charge < -0.3 is 20.4 Å². The van der Waals surface area contributed by atoms with Crippen molar-refractivity contribution in [1.29, 1.82) is 0 Å². The molecule has 0 aromatic heterocycles. The summed E-state index contributed by atoms with van der Waals surface area (Å²) in [5, 5.41) is 22.1. The molecule has 0 bridgehead atoms. The van der Waals surface area contributed by atoms with E-state index in [0.29, 0.717) is 0 Å². The number of nitrogens with zero attached hydrogens (tertiary/aromatic N) is 1. The number of benzene rings is 1. The van der Waals surface area contributed by atoms with Crippen LogP contribution in [0.15, 0.2) is 35.5 Å². The van der Waals surface area contributed by atoms with Gasteiger partial charge in [0.15, 0.2) is 5.78 Å². The van der Waals surface area contributed by atoms with Crippen molar-refractivity contribution in [3.8, 4) is 0 Å². The van der Waals surface area contributed by atoms with Crippen LogP contribution in [-0.4, -0.2) is 39.9 Å². The van der Waals surface area contributed by atoms with E-state index in [-0.39, 0.29) is 19.4 Å². The minimum absolute atomic E-state index is 0.124. The predicted molar refractivity (Wildman–Crippen MR) is 80.3 cm³/mol. The highest BCUT2D eigenvalue weighted by Crippen LogP contribution is 2.03. The molecular weight excluding hydrogens is 304 g/mol. The van der Waals surface area contributed by atoms with Crippen LogP contribution in [0.2, 0.25) is 0 Å². The Kier molecular flexibility index (Phi) is 7.25. The minimum atomic E-state index is -1.60. The van der Waals surface area contributed by atoms with Crippen LogP contribution in [0.4, 0.5) is 4.79 Å². The molecule has 0 radical (unpaired) electrons. The van der Waals surface area contributed by atoms with Gasteiger partial charge in [-0.15, -0.1) is 0 Å². The van der Waals surface area contributed by atoms with Crippen LogP contribution in [0.1, 0.15) is 25.3 Å². The van der Waals surface area contributed by atoms with Crippen molar-refractivity contribution < 1.29 is 29.4 Å². The summed E-state index contributed by atoms with van der Waals surface area (Å²) >= 11 is 0. The number of amides is 1. The molecule has 8 nitrogen and oxygen atoms in total. The van der Waals surface area contributed by atoms with Crippen LogP contribution >= 0.6 is 0 Å². The molecule has 0 aliphatic heterocycles. The number of aliphatic carboxylic acids is 1. The number of carbonyl (C=O) groups excluding carboxylic acids is 2. The summed E-state index contributed by atoms with van der Waals surface area (Å²) < 4.78 is 5.02. The minimum Gasteiger partial charge on any atom is -0.476 e. The molecule has 0 saturated heterocycles. The lowest BCUT2D eigenvalue weighted by atomic mass is 10.1. The van der Waals surface area contributed by atoms with Crippen molar-refractivity contribution >= 4 is 23.6 Å². The van der Waals surface area contributed by atoms with E-state index in [1.54, 1.807) is 6.92 Å². The van der Waals surface area contributed by atoms with Crippen LogP contribution in [-0.2, 0) is 20.9 Å². The van der Waals surface area contributed by atoms with Crippen molar-refractivity contribution in [3.05, 3.63) is 35.9 Å². The Bertz CT molecular complexity index is 585. The zero-order valence-electron chi connectivity index (χ0n) is 12.6. The molecule has 0 fully saturated rings. The van der Waals surface area contributed by atoms with Gasteiger partial charge in [0.25, 0.3) is 0 Å². The number of ketones is 1. The Hall–Kier alpha value is -2.90. The number of ether oxygens (including phenoxy) is 1. The van der Waals surface area contributed by atoms with Crippen LogP contribution in [0, 0.1) is 0 Å². The lowest BCUT2D eigenvalue weighted by Crippen LogP contribution is -2.34. The number of Topliss-reactive ketones (excluding diaryl/α,β-unsaturated/α-hetero) is 1. The smallest absolute Gasteiger partial charge is 0.407 e. The van der Waals surface area contributed by atoms with Gasteiger partial charge >= 0.3 is 12.1 Å². The van der Waals surface area contributed by atoms with Crippen molar-refractivity contribution in [1.82, 2.24) is 5.32 Å². The van der Waals surface area contributed by atoms with Crippen molar-refractivity contribution in [2.45, 2.75) is 32.4 Å². The fraction of sp³-hybridized carbons (Fsp3) is 0.333. The third-order valence-electron chi connectivity index (χ3n) is 2.95. The largest absolute Gasteiger partial charge is 0.476 e. The number of alkyl carbamates (subject to hydrolysis) is 1. The van der Waals surface area contributed by atoms with Gasteiger partial charge in [-0.2, -0.15) is 0 Å². The fourth-order valence-corrected chi connectivity index (χ4v) is 1.72. The summed E-state index contributed by atoms with van der Waals surface area (Å²) in [5.41, 5.74) is -0.0837. The molecule has 1 atom stereocenters. The normalized spacial score (nSPS) is 12.3. The first kappa shape index (κ1) is 18.1. The first-order valence-corrected chi connectivity index (χ1v) is 6.89. The standard InChI is InChI=1S/C15H18N2O6/c1-10(7-8-12(18)13(17-22)14(19)20)16-15(21)23-9-11-5-3-2-4-6-11/h2-6,10,22H,7-9H2,1H3,(H,16,21)(H,19,20)/b17-13+. The van der Waals surface area contributed by atoms with E-state index >= 15 is 0 Å². The van der Waals surface area contributed by atoms with Gasteiger partial charge in [0.1, 0.15) is 6.61 Å². The maximum absolute atomic E-state index is 11.6. The van der Waals surface area contributed by atoms with E-state index in [0.717, 1.165) is 5.56 Å². The van der Waals surface area contributed by atoms with E-state index in [1.807, 2.05) is 30.3 Å². The van der Waals surface area contributed by atoms with E-state index in [9.17, 15) is 14.4 Å². The van der Waals surface area contributed by atoms with Gasteiger partial charge in [0.05, 0.1) is 0 Å². The second-order valence-corrected chi connectivity index (χ2v) is 4.82. The second-order valence-electron chi connectivity index (χ2n) is 4.82. The van der Waals surface area contributed by atoms with E-state index in [4.69, 9.17) is 15.1 Å². The first-order valence-electron chi connectivity index (χ1n) is 6.89. The van der Waals surface area contributed by atoms with E-state index in [1.165, 1.54) is 0 Å². The van der Waals surface area contributed by atoms with E-state index < -0.39 is 29.6 Å². The maximum atomic E-state index is 11.6. The Balaban J connectivity index is 2.33. The van der Waals surface area contributed by atoms with Gasteiger partial charge in [-0.05, 0) is 18.9 Å². The third kappa shape index (κ3) is 6.60. The van der Waals surface area contributed by atoms with E-state index in [2.05, 4.69) is 10.5 Å². The highest BCUT2D eigenvalue weighted by molar-refractivity contribution is 6.63. The average molecular weight is 322 g/mol. The molecule has 0 saturated carbocycles. The number of oxime groups is 1. The second kappa shape index (κ2) is 9.19. The van der Waals surface area contributed by atoms with Gasteiger partial charge in [-0.1, -0.05) is 35.5 Å². The van der Waals surface area contributed by atoms with Crippen molar-refractivity contribution in [2.75, 3.05) is 0 Å². The fourth-order valence-electron chi connectivity index (χ4n) is 1.72. The number of carboxylic acid groups (broad SMARTS) is 1. The number of rotatable bonds is 8. The molecule has 124 valence electrons. The zero-order chi connectivity index (χ0) is 17.2. The summed E-state index contributed by atoms with van der Waals surface area (Å²) in [4.78, 5) is 33.7. The topological polar surface area (TPSA) is 125 Å². The molecule has 0 aliphatic carbocycles. The molecule has 1 unspecified atom stereocenters. The summed E-state index contributed by atoms with van der Waals surface area (Å²) in [7, 11) is 0. The molecular formula is C15H18N2O6. The van der Waals surface area contributed by atoms with Crippen LogP contribution in [0.3, 0.4) is 0 Å². The molecule has 0 heterocycles. The monoisotopic (exact) mass is 322 g/mol. The highest BCUT2D eigenvalue weighted by atomic mass is 16.5. The summed E-state index contributed by atoms with van der Waals surface area (Å²) in [6.07, 6.45) is -0.625. The van der Waals surface area contributed by atoms with Crippen LogP contribution in [0.5, 0.6) is 0 Å². The summed E-state index contributed by atoms with van der Waals surface area (Å²) in [6, 6.07) is 8.73. The lowest BCUT2D eigenvalue weighted by molar-refractivity contribution is -0.130. The SMILES string of the molecule is CC(CCC(=O)/C(=N\O)C(=O)O)NC(=O)OCc1ccccc1. The lowest BCUT2D eigenvalue weighted by Gasteiger charge is -2.13. The molecule has 23 heavy (non-hydrogen) atoms.